The van der Waals surface area contributed by atoms with Gasteiger partial charge >= 0.3 is 0 Å². The van der Waals surface area contributed by atoms with Crippen LogP contribution >= 0.6 is 0 Å². The Kier molecular flexibility index (Phi) is 9.35. The topological polar surface area (TPSA) is 145 Å². The Labute approximate surface area is 218 Å². The number of nitrogens with two attached hydrogens (primary N) is 1. The molecule has 1 amide bonds. The van der Waals surface area contributed by atoms with Gasteiger partial charge in [0.05, 0.1) is 30.7 Å². The molecule has 0 aliphatic carbocycles. The van der Waals surface area contributed by atoms with Gasteiger partial charge in [0, 0.05) is 13.6 Å². The van der Waals surface area contributed by atoms with Crippen LogP contribution in [0, 0.1) is 0 Å². The molecule has 3 rings (SSSR count). The fourth-order valence-electron chi connectivity index (χ4n) is 3.64. The van der Waals surface area contributed by atoms with Crippen LogP contribution in [0.5, 0.6) is 0 Å². The molecule has 0 saturated heterocycles. The molecule has 1 heterocycles. The number of aromatic nitrogens is 4. The predicted octanol–water partition coefficient (Wildman–Crippen LogP) is 1.81. The molecule has 12 heteroatoms. The molecule has 2 aromatic carbocycles. The third-order valence-corrected chi connectivity index (χ3v) is 6.99. The van der Waals surface area contributed by atoms with Crippen LogP contribution in [0.1, 0.15) is 43.3 Å². The highest BCUT2D eigenvalue weighted by atomic mass is 32.2. The minimum Gasteiger partial charge on any atom is -0.374 e. The van der Waals surface area contributed by atoms with Gasteiger partial charge < -0.3 is 15.8 Å². The first-order chi connectivity index (χ1) is 17.5. The van der Waals surface area contributed by atoms with Crippen molar-refractivity contribution in [1.82, 2.24) is 25.5 Å². The van der Waals surface area contributed by atoms with Crippen LogP contribution in [-0.4, -0.2) is 60.0 Å². The first-order valence-corrected chi connectivity index (χ1v) is 13.8. The Morgan fingerprint density at radius 1 is 1.16 bits per heavy atom. The molecule has 0 aliphatic rings. The molecule has 3 aromatic rings. The first-order valence-electron chi connectivity index (χ1n) is 12.0. The van der Waals surface area contributed by atoms with Crippen molar-refractivity contribution in [2.75, 3.05) is 24.2 Å². The van der Waals surface area contributed by atoms with Crippen molar-refractivity contribution in [2.45, 2.75) is 51.4 Å². The number of hydrogen-bond donors (Lipinski definition) is 2. The van der Waals surface area contributed by atoms with Crippen LogP contribution in [0.4, 0.5) is 5.69 Å². The SMILES string of the molecule is CN(c1ccccc1CCCn1nnnc1C(COCc1ccccc1)NC(=O)C(C)(C)N)S(C)(=O)=O. The Hall–Kier alpha value is -3.35. The lowest BCUT2D eigenvalue weighted by Gasteiger charge is -2.24. The fraction of sp³-hybridized carbons (Fsp3) is 0.440. The average Bonchev–Trinajstić information content (AvgIpc) is 3.31. The minimum absolute atomic E-state index is 0.152. The van der Waals surface area contributed by atoms with Gasteiger partial charge in [0.2, 0.25) is 15.9 Å². The standard InChI is InChI=1S/C25H35N7O4S/c1-25(2,26)24(33)27-21(18-36-17-19-11-6-5-7-12-19)23-28-29-30-32(23)16-10-14-20-13-8-9-15-22(20)31(3)37(4,34)35/h5-9,11-13,15,21H,10,14,16-18,26H2,1-4H3,(H,27,33). The average molecular weight is 530 g/mol. The number of aryl methyl sites for hydroxylation is 2. The zero-order valence-electron chi connectivity index (χ0n) is 21.7. The van der Waals surface area contributed by atoms with Gasteiger partial charge in [-0.3, -0.25) is 9.10 Å². The zero-order chi connectivity index (χ0) is 27.1. The van der Waals surface area contributed by atoms with E-state index in [1.54, 1.807) is 24.6 Å². The number of carbonyl (C=O) groups excluding carboxylic acids is 1. The van der Waals surface area contributed by atoms with Crippen molar-refractivity contribution in [1.29, 1.82) is 0 Å². The third-order valence-electron chi connectivity index (χ3n) is 5.80. The van der Waals surface area contributed by atoms with Crippen LogP contribution in [0.2, 0.25) is 0 Å². The molecule has 37 heavy (non-hydrogen) atoms. The summed E-state index contributed by atoms with van der Waals surface area (Å²) in [6, 6.07) is 16.5. The molecular formula is C25H35N7O4S. The first kappa shape index (κ1) is 28.2. The molecule has 0 radical (unpaired) electrons. The van der Waals surface area contributed by atoms with Crippen molar-refractivity contribution in [2.24, 2.45) is 5.73 Å². The van der Waals surface area contributed by atoms with Crippen LogP contribution < -0.4 is 15.4 Å². The molecule has 1 atom stereocenters. The number of benzene rings is 2. The van der Waals surface area contributed by atoms with E-state index in [1.807, 2.05) is 48.5 Å². The van der Waals surface area contributed by atoms with Gasteiger partial charge in [-0.2, -0.15) is 0 Å². The van der Waals surface area contributed by atoms with Crippen LogP contribution in [0.15, 0.2) is 54.6 Å². The van der Waals surface area contributed by atoms with Crippen molar-refractivity contribution in [3.63, 3.8) is 0 Å². The van der Waals surface area contributed by atoms with E-state index in [4.69, 9.17) is 10.5 Å². The number of nitrogens with zero attached hydrogens (tertiary/aromatic N) is 5. The van der Waals surface area contributed by atoms with E-state index in [0.29, 0.717) is 37.5 Å². The van der Waals surface area contributed by atoms with Crippen LogP contribution in [0.25, 0.3) is 0 Å². The number of tetrazole rings is 1. The number of anilines is 1. The summed E-state index contributed by atoms with van der Waals surface area (Å²) in [5.74, 6) is 0.0975. The number of rotatable bonds is 13. The Bertz CT molecular complexity index is 1270. The highest BCUT2D eigenvalue weighted by Crippen LogP contribution is 2.23. The predicted molar refractivity (Wildman–Crippen MR) is 141 cm³/mol. The number of para-hydroxylation sites is 1. The van der Waals surface area contributed by atoms with E-state index in [9.17, 15) is 13.2 Å². The summed E-state index contributed by atoms with van der Waals surface area (Å²) in [4.78, 5) is 12.7. The minimum atomic E-state index is -3.39. The van der Waals surface area contributed by atoms with Gasteiger partial charge in [0.1, 0.15) is 6.04 Å². The zero-order valence-corrected chi connectivity index (χ0v) is 22.5. The highest BCUT2D eigenvalue weighted by Gasteiger charge is 2.28. The van der Waals surface area contributed by atoms with Crippen molar-refractivity contribution in [3.05, 3.63) is 71.5 Å². The second-order valence-corrected chi connectivity index (χ2v) is 11.5. The van der Waals surface area contributed by atoms with Crippen LogP contribution in [-0.2, 0) is 39.1 Å². The van der Waals surface area contributed by atoms with Crippen molar-refractivity contribution >= 4 is 21.6 Å². The van der Waals surface area contributed by atoms with Gasteiger partial charge in [0.25, 0.3) is 0 Å². The van der Waals surface area contributed by atoms with Gasteiger partial charge in [0.15, 0.2) is 5.82 Å². The molecule has 0 spiro atoms. The highest BCUT2D eigenvalue weighted by molar-refractivity contribution is 7.92. The monoisotopic (exact) mass is 529 g/mol. The van der Waals surface area contributed by atoms with Crippen molar-refractivity contribution in [3.8, 4) is 0 Å². The lowest BCUT2D eigenvalue weighted by Crippen LogP contribution is -2.51. The molecule has 0 saturated carbocycles. The maximum atomic E-state index is 12.7. The number of carbonyl (C=O) groups is 1. The van der Waals surface area contributed by atoms with E-state index >= 15 is 0 Å². The fourth-order valence-corrected chi connectivity index (χ4v) is 4.18. The summed E-state index contributed by atoms with van der Waals surface area (Å²) in [7, 11) is -1.85. The maximum absolute atomic E-state index is 12.7. The summed E-state index contributed by atoms with van der Waals surface area (Å²) in [5, 5.41) is 15.0. The molecule has 0 fully saturated rings. The molecule has 0 bridgehead atoms. The summed E-state index contributed by atoms with van der Waals surface area (Å²) in [6.07, 6.45) is 2.42. The van der Waals surface area contributed by atoms with Crippen molar-refractivity contribution < 1.29 is 17.9 Å². The second-order valence-electron chi connectivity index (χ2n) is 9.47. The molecule has 11 nitrogen and oxygen atoms in total. The molecule has 200 valence electrons. The number of nitrogens with one attached hydrogen (secondary N) is 1. The van der Waals surface area contributed by atoms with E-state index in [2.05, 4.69) is 20.8 Å². The summed E-state index contributed by atoms with van der Waals surface area (Å²) >= 11 is 0. The number of hydrogen-bond acceptors (Lipinski definition) is 8. The molecule has 1 unspecified atom stereocenters. The Morgan fingerprint density at radius 3 is 2.51 bits per heavy atom. The summed E-state index contributed by atoms with van der Waals surface area (Å²) in [5.41, 5.74) is 7.43. The normalized spacial score (nSPS) is 12.8. The number of sulfonamides is 1. The van der Waals surface area contributed by atoms with E-state index in [0.717, 1.165) is 11.1 Å². The molecule has 3 N–H and O–H groups in total. The third kappa shape index (κ3) is 8.07. The van der Waals surface area contributed by atoms with Gasteiger partial charge in [-0.25, -0.2) is 13.1 Å². The molecule has 0 aliphatic heterocycles. The summed E-state index contributed by atoms with van der Waals surface area (Å²) < 4.78 is 32.9. The smallest absolute Gasteiger partial charge is 0.240 e. The van der Waals surface area contributed by atoms with Crippen LogP contribution in [0.3, 0.4) is 0 Å². The van der Waals surface area contributed by atoms with E-state index in [1.165, 1.54) is 17.6 Å². The number of ether oxygens (including phenoxy) is 1. The maximum Gasteiger partial charge on any atom is 0.240 e. The quantitative estimate of drug-likeness (QED) is 0.341. The van der Waals surface area contributed by atoms with Gasteiger partial charge in [-0.15, -0.1) is 5.10 Å². The Morgan fingerprint density at radius 2 is 1.84 bits per heavy atom. The Balaban J connectivity index is 1.71. The molecular weight excluding hydrogens is 494 g/mol. The van der Waals surface area contributed by atoms with E-state index < -0.39 is 21.6 Å². The second kappa shape index (κ2) is 12.3. The van der Waals surface area contributed by atoms with E-state index in [-0.39, 0.29) is 12.5 Å². The lowest BCUT2D eigenvalue weighted by molar-refractivity contribution is -0.126. The summed E-state index contributed by atoms with van der Waals surface area (Å²) in [6.45, 7) is 4.22. The largest absolute Gasteiger partial charge is 0.374 e. The molecule has 1 aromatic heterocycles. The number of amides is 1. The lowest BCUT2D eigenvalue weighted by atomic mass is 10.1. The van der Waals surface area contributed by atoms with Gasteiger partial charge in [-0.1, -0.05) is 48.5 Å². The van der Waals surface area contributed by atoms with Gasteiger partial charge in [-0.05, 0) is 54.3 Å².